The number of fused-ring (bicyclic) bond motifs is 1. The van der Waals surface area contributed by atoms with Crippen LogP contribution in [0.2, 0.25) is 0 Å². The number of carbonyl (C=O) groups excluding carboxylic acids is 1. The van der Waals surface area contributed by atoms with Crippen molar-refractivity contribution in [3.8, 4) is 11.5 Å². The van der Waals surface area contributed by atoms with Gasteiger partial charge < -0.3 is 20.1 Å². The summed E-state index contributed by atoms with van der Waals surface area (Å²) in [5.41, 5.74) is 2.30. The van der Waals surface area contributed by atoms with E-state index in [-0.39, 0.29) is 12.7 Å². The van der Waals surface area contributed by atoms with Gasteiger partial charge in [0.1, 0.15) is 10.7 Å². The highest BCUT2D eigenvalue weighted by Crippen LogP contribution is 2.34. The first-order chi connectivity index (χ1) is 12.6. The highest BCUT2D eigenvalue weighted by molar-refractivity contribution is 7.17. The number of benzene rings is 1. The molecule has 0 aliphatic carbocycles. The molecule has 3 heterocycles. The van der Waals surface area contributed by atoms with E-state index in [1.807, 2.05) is 26.0 Å². The second kappa shape index (κ2) is 6.64. The summed E-state index contributed by atoms with van der Waals surface area (Å²) in [5, 5.41) is 6.66. The molecular formula is C18H16N4O3S. The van der Waals surface area contributed by atoms with Crippen LogP contribution in [-0.4, -0.2) is 22.7 Å². The van der Waals surface area contributed by atoms with Crippen molar-refractivity contribution in [3.05, 3.63) is 52.7 Å². The predicted octanol–water partition coefficient (Wildman–Crippen LogP) is 3.88. The molecule has 0 atom stereocenters. The molecule has 0 bridgehead atoms. The van der Waals surface area contributed by atoms with E-state index in [1.165, 1.54) is 11.3 Å². The normalized spacial score (nSPS) is 12.1. The van der Waals surface area contributed by atoms with Crippen LogP contribution in [0.4, 0.5) is 16.6 Å². The molecule has 0 fully saturated rings. The third-order valence-corrected chi connectivity index (χ3v) is 4.94. The lowest BCUT2D eigenvalue weighted by atomic mass is 10.2. The molecule has 3 aromatic rings. The molecule has 1 aliphatic rings. The average Bonchev–Trinajstić information content (AvgIpc) is 3.23. The standard InChI is InChI=1S/C18H16N4O3S/c1-10-4-3-7-19-16(10)22-18-20-11(2)15(26-18)17(23)21-12-5-6-13-14(8-12)25-9-24-13/h3-8H,9H2,1-2H3,(H,21,23)(H,19,20,22). The number of nitrogens with one attached hydrogen (secondary N) is 2. The minimum Gasteiger partial charge on any atom is -0.454 e. The van der Waals surface area contributed by atoms with Crippen molar-refractivity contribution in [1.82, 2.24) is 9.97 Å². The van der Waals surface area contributed by atoms with E-state index in [4.69, 9.17) is 9.47 Å². The predicted molar refractivity (Wildman–Crippen MR) is 99.6 cm³/mol. The lowest BCUT2D eigenvalue weighted by Crippen LogP contribution is -2.11. The first kappa shape index (κ1) is 16.3. The number of thiazole rings is 1. The summed E-state index contributed by atoms with van der Waals surface area (Å²) in [6, 6.07) is 9.13. The van der Waals surface area contributed by atoms with Gasteiger partial charge >= 0.3 is 0 Å². The number of hydrogen-bond acceptors (Lipinski definition) is 7. The molecule has 2 N–H and O–H groups in total. The van der Waals surface area contributed by atoms with E-state index >= 15 is 0 Å². The minimum atomic E-state index is -0.218. The van der Waals surface area contributed by atoms with Crippen LogP contribution in [0.3, 0.4) is 0 Å². The summed E-state index contributed by atoms with van der Waals surface area (Å²) in [6.45, 7) is 3.97. The van der Waals surface area contributed by atoms with E-state index in [0.29, 0.717) is 32.9 Å². The average molecular weight is 368 g/mol. The molecule has 0 spiro atoms. The largest absolute Gasteiger partial charge is 0.454 e. The number of anilines is 3. The lowest BCUT2D eigenvalue weighted by molar-refractivity contribution is 0.103. The third-order valence-electron chi connectivity index (χ3n) is 3.87. The Morgan fingerprint density at radius 2 is 2.04 bits per heavy atom. The topological polar surface area (TPSA) is 85.4 Å². The zero-order valence-electron chi connectivity index (χ0n) is 14.2. The van der Waals surface area contributed by atoms with E-state index < -0.39 is 0 Å². The Morgan fingerprint density at radius 3 is 2.88 bits per heavy atom. The quantitative estimate of drug-likeness (QED) is 0.727. The van der Waals surface area contributed by atoms with Crippen LogP contribution < -0.4 is 20.1 Å². The molecule has 1 aliphatic heterocycles. The molecule has 2 aromatic heterocycles. The molecular weight excluding hydrogens is 352 g/mol. The zero-order valence-corrected chi connectivity index (χ0v) is 15.0. The van der Waals surface area contributed by atoms with E-state index in [0.717, 1.165) is 11.4 Å². The van der Waals surface area contributed by atoms with Gasteiger partial charge in [0, 0.05) is 18.0 Å². The fourth-order valence-electron chi connectivity index (χ4n) is 2.54. The number of aryl methyl sites for hydroxylation is 2. The first-order valence-corrected chi connectivity index (χ1v) is 8.79. The van der Waals surface area contributed by atoms with Gasteiger partial charge in [-0.05, 0) is 37.6 Å². The van der Waals surface area contributed by atoms with Crippen LogP contribution in [0.1, 0.15) is 20.9 Å². The zero-order chi connectivity index (χ0) is 18.1. The van der Waals surface area contributed by atoms with Crippen molar-refractivity contribution in [1.29, 1.82) is 0 Å². The maximum atomic E-state index is 12.6. The van der Waals surface area contributed by atoms with Gasteiger partial charge in [-0.3, -0.25) is 4.79 Å². The molecule has 0 saturated heterocycles. The number of ether oxygens (including phenoxy) is 2. The maximum absolute atomic E-state index is 12.6. The molecule has 0 unspecified atom stereocenters. The monoisotopic (exact) mass is 368 g/mol. The number of nitrogens with zero attached hydrogens (tertiary/aromatic N) is 2. The second-order valence-corrected chi connectivity index (χ2v) is 6.75. The summed E-state index contributed by atoms with van der Waals surface area (Å²) in [5.74, 6) is 1.81. The summed E-state index contributed by atoms with van der Waals surface area (Å²) in [7, 11) is 0. The van der Waals surface area contributed by atoms with Crippen LogP contribution in [0.15, 0.2) is 36.5 Å². The van der Waals surface area contributed by atoms with E-state index in [9.17, 15) is 4.79 Å². The molecule has 7 nitrogen and oxygen atoms in total. The van der Waals surface area contributed by atoms with Gasteiger partial charge in [-0.15, -0.1) is 0 Å². The highest BCUT2D eigenvalue weighted by atomic mass is 32.1. The molecule has 1 amide bonds. The SMILES string of the molecule is Cc1cccnc1Nc1nc(C)c(C(=O)Nc2ccc3c(c2)OCO3)s1. The fourth-order valence-corrected chi connectivity index (χ4v) is 3.40. The van der Waals surface area contributed by atoms with Crippen LogP contribution in [0.25, 0.3) is 0 Å². The number of aromatic nitrogens is 2. The summed E-state index contributed by atoms with van der Waals surface area (Å²) in [4.78, 5) is 21.9. The minimum absolute atomic E-state index is 0.197. The summed E-state index contributed by atoms with van der Waals surface area (Å²) >= 11 is 1.29. The van der Waals surface area contributed by atoms with Gasteiger partial charge in [0.25, 0.3) is 5.91 Å². The molecule has 8 heteroatoms. The van der Waals surface area contributed by atoms with Crippen LogP contribution in [0.5, 0.6) is 11.5 Å². The van der Waals surface area contributed by atoms with Gasteiger partial charge in [-0.2, -0.15) is 0 Å². The molecule has 4 rings (SSSR count). The van der Waals surface area contributed by atoms with Crippen molar-refractivity contribution in [3.63, 3.8) is 0 Å². The van der Waals surface area contributed by atoms with E-state index in [2.05, 4.69) is 20.6 Å². The Labute approximate surface area is 154 Å². The second-order valence-electron chi connectivity index (χ2n) is 5.75. The number of pyridine rings is 1. The van der Waals surface area contributed by atoms with Crippen molar-refractivity contribution in [2.45, 2.75) is 13.8 Å². The van der Waals surface area contributed by atoms with Gasteiger partial charge in [-0.1, -0.05) is 17.4 Å². The summed E-state index contributed by atoms with van der Waals surface area (Å²) < 4.78 is 10.6. The molecule has 0 saturated carbocycles. The van der Waals surface area contributed by atoms with Gasteiger partial charge in [0.05, 0.1) is 5.69 Å². The Balaban J connectivity index is 1.51. The van der Waals surface area contributed by atoms with Gasteiger partial charge in [0.2, 0.25) is 6.79 Å². The van der Waals surface area contributed by atoms with Crippen molar-refractivity contribution < 1.29 is 14.3 Å². The smallest absolute Gasteiger partial charge is 0.267 e. The molecule has 1 aromatic carbocycles. The Bertz CT molecular complexity index is 986. The van der Waals surface area contributed by atoms with E-state index in [1.54, 1.807) is 24.4 Å². The Hall–Kier alpha value is -3.13. The highest BCUT2D eigenvalue weighted by Gasteiger charge is 2.18. The Morgan fingerprint density at radius 1 is 1.19 bits per heavy atom. The van der Waals surface area contributed by atoms with Crippen molar-refractivity contribution >= 4 is 33.9 Å². The number of carbonyl (C=O) groups is 1. The van der Waals surface area contributed by atoms with Crippen molar-refractivity contribution in [2.75, 3.05) is 17.4 Å². The lowest BCUT2D eigenvalue weighted by Gasteiger charge is -2.05. The maximum Gasteiger partial charge on any atom is 0.267 e. The molecule has 0 radical (unpaired) electrons. The molecule has 26 heavy (non-hydrogen) atoms. The summed E-state index contributed by atoms with van der Waals surface area (Å²) in [6.07, 6.45) is 1.71. The third kappa shape index (κ3) is 3.18. The fraction of sp³-hybridized carbons (Fsp3) is 0.167. The first-order valence-electron chi connectivity index (χ1n) is 7.97. The number of rotatable bonds is 4. The van der Waals surface area contributed by atoms with Crippen LogP contribution in [0, 0.1) is 13.8 Å². The van der Waals surface area contributed by atoms with Crippen LogP contribution >= 0.6 is 11.3 Å². The Kier molecular flexibility index (Phi) is 4.18. The molecule has 132 valence electrons. The van der Waals surface area contributed by atoms with Crippen LogP contribution in [-0.2, 0) is 0 Å². The number of amides is 1. The van der Waals surface area contributed by atoms with Gasteiger partial charge in [0.15, 0.2) is 16.6 Å². The number of hydrogen-bond donors (Lipinski definition) is 2. The van der Waals surface area contributed by atoms with Gasteiger partial charge in [-0.25, -0.2) is 9.97 Å². The van der Waals surface area contributed by atoms with Crippen molar-refractivity contribution in [2.24, 2.45) is 0 Å².